The summed E-state index contributed by atoms with van der Waals surface area (Å²) in [6, 6.07) is 14.6. The topological polar surface area (TPSA) is 92.9 Å². The van der Waals surface area contributed by atoms with Crippen molar-refractivity contribution >= 4 is 17.7 Å². The molecule has 0 aliphatic carbocycles. The van der Waals surface area contributed by atoms with Gasteiger partial charge in [-0.25, -0.2) is 0 Å². The van der Waals surface area contributed by atoms with Gasteiger partial charge in [-0.2, -0.15) is 4.68 Å². The van der Waals surface area contributed by atoms with Crippen molar-refractivity contribution in [1.29, 1.82) is 0 Å². The number of hydrogen-bond donors (Lipinski definition) is 2. The highest BCUT2D eigenvalue weighted by Gasteiger charge is 2.19. The quantitative estimate of drug-likeness (QED) is 0.649. The van der Waals surface area contributed by atoms with Crippen molar-refractivity contribution in [3.05, 3.63) is 59.7 Å². The maximum atomic E-state index is 12.4. The van der Waals surface area contributed by atoms with Gasteiger partial charge in [-0.3, -0.25) is 4.79 Å². The number of amides is 1. The molecule has 0 aliphatic rings. The lowest BCUT2D eigenvalue weighted by atomic mass is 10.1. The maximum absolute atomic E-state index is 12.4. The number of aromatic nitrogens is 4. The standard InChI is InChI=1S/C18H19N5O2S/c1-12-3-5-14(6-4-12)11-19-17(25)13(2)26-18-20-21-22-23(18)15-7-9-16(24)10-8-15/h3-10,13,24H,11H2,1-2H3,(H,19,25). The van der Waals surface area contributed by atoms with Gasteiger partial charge in [0.15, 0.2) is 0 Å². The van der Waals surface area contributed by atoms with Gasteiger partial charge in [0, 0.05) is 6.54 Å². The molecule has 0 fully saturated rings. The number of carbonyl (C=O) groups is 1. The number of phenolic OH excluding ortho intramolecular Hbond substituents is 1. The van der Waals surface area contributed by atoms with Crippen LogP contribution < -0.4 is 5.32 Å². The second-order valence-corrected chi connectivity index (χ2v) is 7.16. The van der Waals surface area contributed by atoms with E-state index in [4.69, 9.17) is 0 Å². The van der Waals surface area contributed by atoms with E-state index in [9.17, 15) is 9.90 Å². The van der Waals surface area contributed by atoms with E-state index in [1.54, 1.807) is 24.3 Å². The van der Waals surface area contributed by atoms with Crippen LogP contribution in [0.25, 0.3) is 5.69 Å². The molecule has 1 heterocycles. The van der Waals surface area contributed by atoms with Crippen LogP contribution in [-0.2, 0) is 11.3 Å². The third-order valence-electron chi connectivity index (χ3n) is 3.77. The SMILES string of the molecule is Cc1ccc(CNC(=O)C(C)Sc2nnnn2-c2ccc(O)cc2)cc1. The highest BCUT2D eigenvalue weighted by atomic mass is 32.2. The first kappa shape index (κ1) is 17.9. The summed E-state index contributed by atoms with van der Waals surface area (Å²) in [6.07, 6.45) is 0. The Kier molecular flexibility index (Phi) is 5.52. The maximum Gasteiger partial charge on any atom is 0.233 e. The van der Waals surface area contributed by atoms with Crippen LogP contribution in [0.15, 0.2) is 53.7 Å². The van der Waals surface area contributed by atoms with Crippen LogP contribution in [0, 0.1) is 6.92 Å². The predicted molar refractivity (Wildman–Crippen MR) is 99.2 cm³/mol. The molecule has 1 amide bonds. The summed E-state index contributed by atoms with van der Waals surface area (Å²) in [5.41, 5.74) is 2.95. The molecule has 2 N–H and O–H groups in total. The molecule has 1 unspecified atom stereocenters. The Bertz CT molecular complexity index is 877. The lowest BCUT2D eigenvalue weighted by molar-refractivity contribution is -0.120. The fourth-order valence-corrected chi connectivity index (χ4v) is 3.09. The molecule has 0 saturated carbocycles. The average molecular weight is 369 g/mol. The minimum atomic E-state index is -0.359. The van der Waals surface area contributed by atoms with E-state index in [1.807, 2.05) is 38.1 Å². The molecule has 0 saturated heterocycles. The van der Waals surface area contributed by atoms with Gasteiger partial charge in [-0.1, -0.05) is 41.6 Å². The lowest BCUT2D eigenvalue weighted by Gasteiger charge is -2.12. The molecule has 0 radical (unpaired) electrons. The van der Waals surface area contributed by atoms with E-state index >= 15 is 0 Å². The van der Waals surface area contributed by atoms with Crippen LogP contribution >= 0.6 is 11.8 Å². The van der Waals surface area contributed by atoms with E-state index in [2.05, 4.69) is 20.8 Å². The van der Waals surface area contributed by atoms with Crippen LogP contribution in [0.4, 0.5) is 0 Å². The molecule has 26 heavy (non-hydrogen) atoms. The zero-order valence-electron chi connectivity index (χ0n) is 14.5. The molecule has 1 aromatic heterocycles. The van der Waals surface area contributed by atoms with Crippen LogP contribution in [0.1, 0.15) is 18.1 Å². The van der Waals surface area contributed by atoms with Gasteiger partial charge in [-0.05, 0) is 54.1 Å². The molecule has 0 bridgehead atoms. The Hall–Kier alpha value is -2.87. The number of thioether (sulfide) groups is 1. The molecular formula is C18H19N5O2S. The highest BCUT2D eigenvalue weighted by Crippen LogP contribution is 2.23. The summed E-state index contributed by atoms with van der Waals surface area (Å²) in [5.74, 6) is 0.0794. The molecule has 134 valence electrons. The van der Waals surface area contributed by atoms with Crippen LogP contribution in [-0.4, -0.2) is 36.5 Å². The fraction of sp³-hybridized carbons (Fsp3) is 0.222. The molecule has 0 spiro atoms. The third kappa shape index (κ3) is 4.40. The summed E-state index contributed by atoms with van der Waals surface area (Å²) in [7, 11) is 0. The number of aromatic hydroxyl groups is 1. The van der Waals surface area contributed by atoms with Crippen LogP contribution in [0.2, 0.25) is 0 Å². The largest absolute Gasteiger partial charge is 0.508 e. The summed E-state index contributed by atoms with van der Waals surface area (Å²) < 4.78 is 1.54. The number of hydrogen-bond acceptors (Lipinski definition) is 6. The van der Waals surface area contributed by atoms with E-state index in [-0.39, 0.29) is 16.9 Å². The van der Waals surface area contributed by atoms with Gasteiger partial charge in [0.05, 0.1) is 10.9 Å². The number of rotatable bonds is 6. The van der Waals surface area contributed by atoms with Gasteiger partial charge >= 0.3 is 0 Å². The summed E-state index contributed by atoms with van der Waals surface area (Å²) in [5, 5.41) is 24.1. The molecule has 0 aliphatic heterocycles. The van der Waals surface area contributed by atoms with Gasteiger partial charge in [0.25, 0.3) is 0 Å². The summed E-state index contributed by atoms with van der Waals surface area (Å²) in [6.45, 7) is 4.32. The number of benzene rings is 2. The van der Waals surface area contributed by atoms with Gasteiger partial charge < -0.3 is 10.4 Å². The number of nitrogens with one attached hydrogen (secondary N) is 1. The zero-order valence-corrected chi connectivity index (χ0v) is 15.3. The second-order valence-electron chi connectivity index (χ2n) is 5.85. The number of carbonyl (C=O) groups excluding carboxylic acids is 1. The van der Waals surface area contributed by atoms with E-state index < -0.39 is 0 Å². The second kappa shape index (κ2) is 8.01. The smallest absolute Gasteiger partial charge is 0.233 e. The minimum absolute atomic E-state index is 0.0872. The first-order valence-corrected chi connectivity index (χ1v) is 8.98. The van der Waals surface area contributed by atoms with E-state index in [1.165, 1.54) is 22.0 Å². The molecule has 3 rings (SSSR count). The number of tetrazole rings is 1. The van der Waals surface area contributed by atoms with E-state index in [0.717, 1.165) is 5.56 Å². The molecule has 8 heteroatoms. The Labute approximate surface area is 155 Å². The van der Waals surface area contributed by atoms with Crippen LogP contribution in [0.3, 0.4) is 0 Å². The third-order valence-corrected chi connectivity index (χ3v) is 4.81. The van der Waals surface area contributed by atoms with Gasteiger partial charge in [0.1, 0.15) is 5.75 Å². The Morgan fingerprint density at radius 1 is 1.19 bits per heavy atom. The van der Waals surface area contributed by atoms with Crippen molar-refractivity contribution in [2.45, 2.75) is 30.8 Å². The van der Waals surface area contributed by atoms with Crippen molar-refractivity contribution < 1.29 is 9.90 Å². The van der Waals surface area contributed by atoms with Gasteiger partial charge in [0.2, 0.25) is 11.1 Å². The number of nitrogens with zero attached hydrogens (tertiary/aromatic N) is 4. The summed E-state index contributed by atoms with van der Waals surface area (Å²) in [4.78, 5) is 12.4. The molecule has 3 aromatic rings. The predicted octanol–water partition coefficient (Wildman–Crippen LogP) is 2.47. The molecule has 1 atom stereocenters. The van der Waals surface area contributed by atoms with Crippen molar-refractivity contribution in [3.63, 3.8) is 0 Å². The first-order chi connectivity index (χ1) is 12.5. The Balaban J connectivity index is 1.62. The highest BCUT2D eigenvalue weighted by molar-refractivity contribution is 8.00. The molecular weight excluding hydrogens is 350 g/mol. The van der Waals surface area contributed by atoms with Crippen molar-refractivity contribution in [1.82, 2.24) is 25.5 Å². The molecule has 2 aromatic carbocycles. The summed E-state index contributed by atoms with van der Waals surface area (Å²) >= 11 is 1.27. The Morgan fingerprint density at radius 3 is 2.58 bits per heavy atom. The lowest BCUT2D eigenvalue weighted by Crippen LogP contribution is -2.30. The minimum Gasteiger partial charge on any atom is -0.508 e. The number of aryl methyl sites for hydroxylation is 1. The Morgan fingerprint density at radius 2 is 1.88 bits per heavy atom. The average Bonchev–Trinajstić information content (AvgIpc) is 3.09. The van der Waals surface area contributed by atoms with Crippen LogP contribution in [0.5, 0.6) is 5.75 Å². The molecule has 7 nitrogen and oxygen atoms in total. The first-order valence-electron chi connectivity index (χ1n) is 8.10. The monoisotopic (exact) mass is 369 g/mol. The zero-order chi connectivity index (χ0) is 18.5. The van der Waals surface area contributed by atoms with Crippen molar-refractivity contribution in [2.24, 2.45) is 0 Å². The van der Waals surface area contributed by atoms with Crippen molar-refractivity contribution in [2.75, 3.05) is 0 Å². The normalized spacial score (nSPS) is 11.9. The fourth-order valence-electron chi connectivity index (χ4n) is 2.26. The van der Waals surface area contributed by atoms with Crippen molar-refractivity contribution in [3.8, 4) is 11.4 Å². The van der Waals surface area contributed by atoms with E-state index in [0.29, 0.717) is 17.4 Å². The van der Waals surface area contributed by atoms with Gasteiger partial charge in [-0.15, -0.1) is 5.10 Å². The number of phenols is 1.